The molecule has 0 spiro atoms. The Bertz CT molecular complexity index is 540. The van der Waals surface area contributed by atoms with Gasteiger partial charge in [-0.3, -0.25) is 14.4 Å². The molecule has 0 aliphatic heterocycles. The molecule has 114 valence electrons. The number of hydrogen-bond acceptors (Lipinski definition) is 6. The highest BCUT2D eigenvalue weighted by atomic mass is 16.5. The highest BCUT2D eigenvalue weighted by Crippen LogP contribution is 2.26. The van der Waals surface area contributed by atoms with Gasteiger partial charge in [0.25, 0.3) is 5.91 Å². The molecule has 0 saturated heterocycles. The third-order valence-corrected chi connectivity index (χ3v) is 2.46. The molecule has 0 bridgehead atoms. The van der Waals surface area contributed by atoms with Crippen LogP contribution in [0, 0.1) is 0 Å². The molecule has 7 nitrogen and oxygen atoms in total. The first kappa shape index (κ1) is 16.5. The number of ketones is 1. The number of primary amides is 1. The van der Waals surface area contributed by atoms with E-state index in [2.05, 4.69) is 0 Å². The topological polar surface area (TPSA) is 105 Å². The number of amides is 1. The summed E-state index contributed by atoms with van der Waals surface area (Å²) in [4.78, 5) is 33.9. The molecule has 2 N–H and O–H groups in total. The van der Waals surface area contributed by atoms with Gasteiger partial charge in [-0.15, -0.1) is 0 Å². The molecule has 0 aromatic heterocycles. The lowest BCUT2D eigenvalue weighted by Gasteiger charge is -2.10. The Balaban J connectivity index is 2.85. The number of hydrogen-bond donors (Lipinski definition) is 1. The van der Waals surface area contributed by atoms with E-state index in [0.717, 1.165) is 0 Å². The van der Waals surface area contributed by atoms with Crippen molar-refractivity contribution >= 4 is 17.7 Å². The smallest absolute Gasteiger partial charge is 0.313 e. The van der Waals surface area contributed by atoms with Gasteiger partial charge >= 0.3 is 5.97 Å². The molecule has 1 aromatic carbocycles. The molecule has 21 heavy (non-hydrogen) atoms. The molecule has 1 amide bonds. The van der Waals surface area contributed by atoms with Crippen LogP contribution >= 0.6 is 0 Å². The quantitative estimate of drug-likeness (QED) is 0.430. The second-order valence-electron chi connectivity index (χ2n) is 4.02. The maximum Gasteiger partial charge on any atom is 0.313 e. The molecule has 7 heteroatoms. The summed E-state index contributed by atoms with van der Waals surface area (Å²) in [6.07, 6.45) is -0.369. The summed E-state index contributed by atoms with van der Waals surface area (Å²) in [5.74, 6) is -1.06. The molecule has 0 saturated carbocycles. The molecule has 0 fully saturated rings. The average Bonchev–Trinajstić information content (AvgIpc) is 2.44. The number of ether oxygens (including phenoxy) is 3. The largest absolute Gasteiger partial charge is 0.496 e. The minimum absolute atomic E-state index is 0.211. The summed E-state index contributed by atoms with van der Waals surface area (Å²) in [5, 5.41) is 0. The molecule has 1 aromatic rings. The van der Waals surface area contributed by atoms with Gasteiger partial charge in [-0.05, 0) is 19.1 Å². The lowest BCUT2D eigenvalue weighted by Crippen LogP contribution is -2.20. The molecular formula is C14H17NO6. The second-order valence-corrected chi connectivity index (χ2v) is 4.02. The van der Waals surface area contributed by atoms with Crippen molar-refractivity contribution in [2.75, 3.05) is 20.3 Å². The van der Waals surface area contributed by atoms with Crippen molar-refractivity contribution in [3.05, 3.63) is 23.8 Å². The van der Waals surface area contributed by atoms with Gasteiger partial charge in [0.15, 0.2) is 12.4 Å². The number of nitrogens with two attached hydrogens (primary N) is 1. The van der Waals surface area contributed by atoms with Gasteiger partial charge < -0.3 is 19.9 Å². The Kier molecular flexibility index (Phi) is 6.19. The van der Waals surface area contributed by atoms with E-state index in [1.54, 1.807) is 6.92 Å². The van der Waals surface area contributed by atoms with E-state index in [4.69, 9.17) is 19.9 Å². The Hall–Kier alpha value is -2.57. The van der Waals surface area contributed by atoms with E-state index >= 15 is 0 Å². The molecule has 0 aliphatic carbocycles. The minimum atomic E-state index is -0.614. The summed E-state index contributed by atoms with van der Waals surface area (Å²) in [7, 11) is 1.38. The van der Waals surface area contributed by atoms with E-state index in [1.807, 2.05) is 0 Å². The summed E-state index contributed by atoms with van der Waals surface area (Å²) >= 11 is 0. The fraction of sp³-hybridized carbons (Fsp3) is 0.357. The third kappa shape index (κ3) is 5.13. The van der Waals surface area contributed by atoms with E-state index in [-0.39, 0.29) is 30.9 Å². The number of carbonyl (C=O) groups is 3. The van der Waals surface area contributed by atoms with Gasteiger partial charge in [0.05, 0.1) is 19.3 Å². The first-order chi connectivity index (χ1) is 9.97. The van der Waals surface area contributed by atoms with Gasteiger partial charge in [-0.2, -0.15) is 0 Å². The zero-order valence-corrected chi connectivity index (χ0v) is 11.9. The van der Waals surface area contributed by atoms with Gasteiger partial charge in [-0.25, -0.2) is 0 Å². The van der Waals surface area contributed by atoms with Gasteiger partial charge in [0, 0.05) is 6.07 Å². The highest BCUT2D eigenvalue weighted by Gasteiger charge is 2.17. The van der Waals surface area contributed by atoms with E-state index in [9.17, 15) is 14.4 Å². The van der Waals surface area contributed by atoms with Crippen molar-refractivity contribution in [1.29, 1.82) is 0 Å². The molecule has 0 atom stereocenters. The van der Waals surface area contributed by atoms with Crippen LogP contribution in [0.15, 0.2) is 18.2 Å². The molecule has 0 unspecified atom stereocenters. The van der Waals surface area contributed by atoms with Crippen molar-refractivity contribution in [3.63, 3.8) is 0 Å². The fourth-order valence-electron chi connectivity index (χ4n) is 1.58. The van der Waals surface area contributed by atoms with Crippen molar-refractivity contribution < 1.29 is 28.6 Å². The first-order valence-electron chi connectivity index (χ1n) is 6.25. The van der Waals surface area contributed by atoms with E-state index in [0.29, 0.717) is 5.75 Å². The Labute approximate surface area is 122 Å². The summed E-state index contributed by atoms with van der Waals surface area (Å²) in [6.45, 7) is 1.59. The van der Waals surface area contributed by atoms with Gasteiger partial charge in [0.2, 0.25) is 0 Å². The third-order valence-electron chi connectivity index (χ3n) is 2.46. The minimum Gasteiger partial charge on any atom is -0.496 e. The van der Waals surface area contributed by atoms with Crippen LogP contribution in [-0.4, -0.2) is 38.0 Å². The van der Waals surface area contributed by atoms with Crippen LogP contribution in [0.2, 0.25) is 0 Å². The van der Waals surface area contributed by atoms with Crippen molar-refractivity contribution in [1.82, 2.24) is 0 Å². The van der Waals surface area contributed by atoms with E-state index < -0.39 is 17.7 Å². The average molecular weight is 295 g/mol. The molecule has 0 radical (unpaired) electrons. The monoisotopic (exact) mass is 295 g/mol. The predicted octanol–water partition coefficient (Wildman–Crippen LogP) is 0.695. The van der Waals surface area contributed by atoms with Crippen LogP contribution in [0.1, 0.15) is 23.7 Å². The van der Waals surface area contributed by atoms with Gasteiger partial charge in [0.1, 0.15) is 17.9 Å². The lowest BCUT2D eigenvalue weighted by atomic mass is 10.1. The van der Waals surface area contributed by atoms with E-state index in [1.165, 1.54) is 25.3 Å². The summed E-state index contributed by atoms with van der Waals surface area (Å²) < 4.78 is 14.9. The Morgan fingerprint density at radius 1 is 1.24 bits per heavy atom. The number of Topliss-reactive ketones (excluding diaryl/α,β-unsaturated/α-hetero) is 1. The Morgan fingerprint density at radius 3 is 2.52 bits per heavy atom. The fourth-order valence-corrected chi connectivity index (χ4v) is 1.58. The van der Waals surface area contributed by atoms with Crippen LogP contribution < -0.4 is 15.2 Å². The SMILES string of the molecule is CCOC(=O)CC(=O)c1ccc(OCC(N)=O)cc1OC. The predicted molar refractivity (Wildman–Crippen MR) is 73.3 cm³/mol. The van der Waals surface area contributed by atoms with Gasteiger partial charge in [-0.1, -0.05) is 0 Å². The number of methoxy groups -OCH3 is 1. The van der Waals surface area contributed by atoms with Crippen molar-refractivity contribution in [2.24, 2.45) is 5.73 Å². The second kappa shape index (κ2) is 7.88. The zero-order chi connectivity index (χ0) is 15.8. The maximum absolute atomic E-state index is 12.0. The standard InChI is InChI=1S/C14H17NO6/c1-3-20-14(18)7-11(16)10-5-4-9(6-12(10)19-2)21-8-13(15)17/h4-6H,3,7-8H2,1-2H3,(H2,15,17). The maximum atomic E-state index is 12.0. The zero-order valence-electron chi connectivity index (χ0n) is 11.9. The molecule has 0 aliphatic rings. The normalized spacial score (nSPS) is 9.81. The first-order valence-corrected chi connectivity index (χ1v) is 6.25. The highest BCUT2D eigenvalue weighted by molar-refractivity contribution is 6.07. The Morgan fingerprint density at radius 2 is 1.95 bits per heavy atom. The van der Waals surface area contributed by atoms with Crippen molar-refractivity contribution in [3.8, 4) is 11.5 Å². The van der Waals surface area contributed by atoms with Crippen LogP contribution in [0.25, 0.3) is 0 Å². The summed E-state index contributed by atoms with van der Waals surface area (Å²) in [6, 6.07) is 4.39. The number of benzene rings is 1. The molecule has 1 rings (SSSR count). The molecular weight excluding hydrogens is 278 g/mol. The lowest BCUT2D eigenvalue weighted by molar-refractivity contribution is -0.142. The van der Waals surface area contributed by atoms with Crippen LogP contribution in [0.5, 0.6) is 11.5 Å². The van der Waals surface area contributed by atoms with Crippen LogP contribution in [0.3, 0.4) is 0 Å². The summed E-state index contributed by atoms with van der Waals surface area (Å²) in [5.41, 5.74) is 5.20. The van der Waals surface area contributed by atoms with Crippen LogP contribution in [0.4, 0.5) is 0 Å². The van der Waals surface area contributed by atoms with Crippen molar-refractivity contribution in [2.45, 2.75) is 13.3 Å². The molecule has 0 heterocycles. The number of rotatable bonds is 8. The number of carbonyl (C=O) groups excluding carboxylic acids is 3. The number of esters is 1. The van der Waals surface area contributed by atoms with Crippen LogP contribution in [-0.2, 0) is 14.3 Å².